The zero-order valence-electron chi connectivity index (χ0n) is 14.4. The van der Waals surface area contributed by atoms with Crippen LogP contribution in [0.3, 0.4) is 0 Å². The summed E-state index contributed by atoms with van der Waals surface area (Å²) >= 11 is 0. The summed E-state index contributed by atoms with van der Waals surface area (Å²) in [5.74, 6) is -1.22. The van der Waals surface area contributed by atoms with E-state index in [1.54, 1.807) is 13.8 Å². The predicted octanol–water partition coefficient (Wildman–Crippen LogP) is 3.66. The molecule has 1 aromatic rings. The fourth-order valence-electron chi connectivity index (χ4n) is 2.12. The number of carboxylic acid groups (broad SMARTS) is 1. The maximum atomic E-state index is 12.0. The third-order valence-corrected chi connectivity index (χ3v) is 3.84. The molecule has 0 saturated carbocycles. The lowest BCUT2D eigenvalue weighted by Gasteiger charge is -2.22. The lowest BCUT2D eigenvalue weighted by Crippen LogP contribution is -2.34. The molecule has 1 unspecified atom stereocenters. The second-order valence-corrected chi connectivity index (χ2v) is 7.53. The van der Waals surface area contributed by atoms with Gasteiger partial charge in [-0.05, 0) is 37.3 Å². The minimum Gasteiger partial charge on any atom is -0.481 e. The molecule has 1 atom stereocenters. The molecule has 0 bridgehead atoms. The molecule has 0 aliphatic rings. The first kappa shape index (κ1) is 18.2. The second kappa shape index (κ2) is 6.51. The quantitative estimate of drug-likeness (QED) is 0.872. The van der Waals surface area contributed by atoms with E-state index in [2.05, 4.69) is 38.2 Å². The van der Waals surface area contributed by atoms with Crippen molar-refractivity contribution in [1.82, 2.24) is 5.32 Å². The van der Waals surface area contributed by atoms with Gasteiger partial charge in [0.05, 0.1) is 11.5 Å². The second-order valence-electron chi connectivity index (χ2n) is 7.53. The van der Waals surface area contributed by atoms with Gasteiger partial charge in [0, 0.05) is 6.42 Å². The van der Waals surface area contributed by atoms with Crippen LogP contribution in [0.2, 0.25) is 0 Å². The predicted molar refractivity (Wildman–Crippen MR) is 87.7 cm³/mol. The molecule has 4 heteroatoms. The van der Waals surface area contributed by atoms with Crippen LogP contribution in [0.5, 0.6) is 0 Å². The SMILES string of the molecule is CC(NC(=O)CC(C)(C)C(=O)O)c1ccc(C(C)(C)C)cc1. The minimum absolute atomic E-state index is 0.0350. The smallest absolute Gasteiger partial charge is 0.309 e. The summed E-state index contributed by atoms with van der Waals surface area (Å²) in [4.78, 5) is 23.1. The molecule has 0 radical (unpaired) electrons. The average Bonchev–Trinajstić information content (AvgIpc) is 2.36. The first-order valence-corrected chi connectivity index (χ1v) is 7.57. The van der Waals surface area contributed by atoms with Crippen LogP contribution < -0.4 is 5.32 Å². The molecule has 0 aromatic heterocycles. The monoisotopic (exact) mass is 305 g/mol. The molecular formula is C18H27NO3. The Labute approximate surface area is 132 Å². The van der Waals surface area contributed by atoms with Crippen LogP contribution in [0, 0.1) is 5.41 Å². The van der Waals surface area contributed by atoms with Crippen LogP contribution in [-0.4, -0.2) is 17.0 Å². The number of benzene rings is 1. The third-order valence-electron chi connectivity index (χ3n) is 3.84. The van der Waals surface area contributed by atoms with Gasteiger partial charge in [-0.15, -0.1) is 0 Å². The Kier molecular flexibility index (Phi) is 5.39. The van der Waals surface area contributed by atoms with Gasteiger partial charge in [0.1, 0.15) is 0 Å². The zero-order valence-corrected chi connectivity index (χ0v) is 14.4. The summed E-state index contributed by atoms with van der Waals surface area (Å²) < 4.78 is 0. The van der Waals surface area contributed by atoms with Crippen molar-refractivity contribution in [3.8, 4) is 0 Å². The zero-order chi connectivity index (χ0) is 17.1. The number of hydrogen-bond acceptors (Lipinski definition) is 2. The Morgan fingerprint density at radius 3 is 2.00 bits per heavy atom. The molecule has 1 aromatic carbocycles. The van der Waals surface area contributed by atoms with E-state index in [1.165, 1.54) is 5.56 Å². The molecule has 22 heavy (non-hydrogen) atoms. The van der Waals surface area contributed by atoms with Crippen LogP contribution in [0.25, 0.3) is 0 Å². The number of carboxylic acids is 1. The van der Waals surface area contributed by atoms with Crippen molar-refractivity contribution in [3.05, 3.63) is 35.4 Å². The van der Waals surface area contributed by atoms with Gasteiger partial charge in [0.25, 0.3) is 0 Å². The maximum Gasteiger partial charge on any atom is 0.309 e. The van der Waals surface area contributed by atoms with Crippen molar-refractivity contribution in [3.63, 3.8) is 0 Å². The first-order valence-electron chi connectivity index (χ1n) is 7.57. The van der Waals surface area contributed by atoms with Gasteiger partial charge in [-0.3, -0.25) is 9.59 Å². The van der Waals surface area contributed by atoms with Crippen LogP contribution in [0.1, 0.15) is 65.1 Å². The molecule has 0 aliphatic heterocycles. The van der Waals surface area contributed by atoms with E-state index in [0.717, 1.165) is 5.56 Å². The van der Waals surface area contributed by atoms with Crippen molar-refractivity contribution >= 4 is 11.9 Å². The molecule has 0 aliphatic carbocycles. The van der Waals surface area contributed by atoms with E-state index in [1.807, 2.05) is 19.1 Å². The lowest BCUT2D eigenvalue weighted by atomic mass is 9.86. The molecular weight excluding hydrogens is 278 g/mol. The Hall–Kier alpha value is -1.84. The molecule has 0 heterocycles. The van der Waals surface area contributed by atoms with Gasteiger partial charge in [0.2, 0.25) is 5.91 Å². The fourth-order valence-corrected chi connectivity index (χ4v) is 2.12. The average molecular weight is 305 g/mol. The van der Waals surface area contributed by atoms with E-state index in [-0.39, 0.29) is 23.8 Å². The van der Waals surface area contributed by atoms with Crippen LogP contribution >= 0.6 is 0 Å². The lowest BCUT2D eigenvalue weighted by molar-refractivity contribution is -0.149. The molecule has 0 fully saturated rings. The van der Waals surface area contributed by atoms with Crippen molar-refractivity contribution < 1.29 is 14.7 Å². The molecule has 2 N–H and O–H groups in total. The number of aliphatic carboxylic acids is 1. The Morgan fingerprint density at radius 1 is 1.09 bits per heavy atom. The van der Waals surface area contributed by atoms with E-state index in [4.69, 9.17) is 5.11 Å². The first-order chi connectivity index (χ1) is 9.93. The highest BCUT2D eigenvalue weighted by molar-refractivity contribution is 5.84. The third kappa shape index (κ3) is 4.86. The van der Waals surface area contributed by atoms with Gasteiger partial charge in [-0.25, -0.2) is 0 Å². The highest BCUT2D eigenvalue weighted by Gasteiger charge is 2.30. The van der Waals surface area contributed by atoms with E-state index in [9.17, 15) is 9.59 Å². The Morgan fingerprint density at radius 2 is 1.59 bits per heavy atom. The summed E-state index contributed by atoms with van der Waals surface area (Å²) in [5.41, 5.74) is 1.28. The summed E-state index contributed by atoms with van der Waals surface area (Å²) in [6.45, 7) is 11.5. The number of rotatable bonds is 5. The topological polar surface area (TPSA) is 66.4 Å². The summed E-state index contributed by atoms with van der Waals surface area (Å²) in [5, 5.41) is 11.9. The minimum atomic E-state index is -1.06. The molecule has 122 valence electrons. The molecule has 4 nitrogen and oxygen atoms in total. The van der Waals surface area contributed by atoms with Gasteiger partial charge in [0.15, 0.2) is 0 Å². The van der Waals surface area contributed by atoms with E-state index in [0.29, 0.717) is 0 Å². The van der Waals surface area contributed by atoms with Crippen LogP contribution in [0.15, 0.2) is 24.3 Å². The summed E-state index contributed by atoms with van der Waals surface area (Å²) in [6.07, 6.45) is -0.0350. The van der Waals surface area contributed by atoms with Gasteiger partial charge in [-0.1, -0.05) is 45.0 Å². The largest absolute Gasteiger partial charge is 0.481 e. The number of carbonyl (C=O) groups is 2. The highest BCUT2D eigenvalue weighted by atomic mass is 16.4. The fraction of sp³-hybridized carbons (Fsp3) is 0.556. The molecule has 1 amide bonds. The number of hydrogen-bond donors (Lipinski definition) is 2. The highest BCUT2D eigenvalue weighted by Crippen LogP contribution is 2.25. The number of carbonyl (C=O) groups excluding carboxylic acids is 1. The standard InChI is InChI=1S/C18H27NO3/c1-12(19-15(20)11-18(5,6)16(21)22)13-7-9-14(10-8-13)17(2,3)4/h7-10,12H,11H2,1-6H3,(H,19,20)(H,21,22). The molecule has 1 rings (SSSR count). The summed E-state index contributed by atoms with van der Waals surface area (Å²) in [6, 6.07) is 8.01. The maximum absolute atomic E-state index is 12.0. The normalized spacial score (nSPS) is 13.5. The number of amides is 1. The van der Waals surface area contributed by atoms with Crippen LogP contribution in [0.4, 0.5) is 0 Å². The van der Waals surface area contributed by atoms with Gasteiger partial charge in [-0.2, -0.15) is 0 Å². The van der Waals surface area contributed by atoms with Gasteiger partial charge < -0.3 is 10.4 Å². The number of nitrogens with one attached hydrogen (secondary N) is 1. The van der Waals surface area contributed by atoms with Crippen molar-refractivity contribution in [1.29, 1.82) is 0 Å². The summed E-state index contributed by atoms with van der Waals surface area (Å²) in [7, 11) is 0. The van der Waals surface area contributed by atoms with Gasteiger partial charge >= 0.3 is 5.97 Å². The van der Waals surface area contributed by atoms with Crippen LogP contribution in [-0.2, 0) is 15.0 Å². The van der Waals surface area contributed by atoms with E-state index < -0.39 is 11.4 Å². The van der Waals surface area contributed by atoms with Crippen molar-refractivity contribution in [2.24, 2.45) is 5.41 Å². The van der Waals surface area contributed by atoms with Crippen molar-refractivity contribution in [2.45, 2.75) is 59.4 Å². The van der Waals surface area contributed by atoms with Crippen molar-refractivity contribution in [2.75, 3.05) is 0 Å². The molecule has 0 saturated heterocycles. The Balaban J connectivity index is 2.71. The molecule has 0 spiro atoms. The van der Waals surface area contributed by atoms with E-state index >= 15 is 0 Å². The Bertz CT molecular complexity index is 538.